The summed E-state index contributed by atoms with van der Waals surface area (Å²) in [6, 6.07) is 10.5. The zero-order valence-electron chi connectivity index (χ0n) is 14.6. The Kier molecular flexibility index (Phi) is 4.29. The van der Waals surface area contributed by atoms with Crippen LogP contribution >= 0.6 is 0 Å². The van der Waals surface area contributed by atoms with Crippen molar-refractivity contribution in [3.63, 3.8) is 0 Å². The van der Waals surface area contributed by atoms with Gasteiger partial charge in [-0.15, -0.1) is 20.1 Å². The first-order valence-corrected chi connectivity index (χ1v) is 8.11. The average Bonchev–Trinajstić information content (AvgIpc) is 3.29. The lowest BCUT2D eigenvalue weighted by Gasteiger charge is -2.04. The predicted octanol–water partition coefficient (Wildman–Crippen LogP) is 1.88. The fraction of sp³-hybridized carbons (Fsp3) is 0.176. The molecule has 4 aromatic rings. The molecule has 0 saturated heterocycles. The molecule has 4 rings (SSSR count). The molecule has 10 heteroatoms. The van der Waals surface area contributed by atoms with Crippen molar-refractivity contribution in [3.8, 4) is 23.2 Å². The predicted molar refractivity (Wildman–Crippen MR) is 92.4 cm³/mol. The normalized spacial score (nSPS) is 10.9. The van der Waals surface area contributed by atoms with E-state index >= 15 is 0 Å². The molecule has 3 heterocycles. The molecule has 0 saturated carbocycles. The van der Waals surface area contributed by atoms with E-state index in [9.17, 15) is 4.39 Å². The number of ether oxygens (including phenoxy) is 1. The Morgan fingerprint density at radius 3 is 2.81 bits per heavy atom. The van der Waals surface area contributed by atoms with Crippen LogP contribution < -0.4 is 4.74 Å². The van der Waals surface area contributed by atoms with Crippen LogP contribution in [0.4, 0.5) is 4.39 Å². The van der Waals surface area contributed by atoms with E-state index in [0.717, 1.165) is 10.4 Å². The van der Waals surface area contributed by atoms with Crippen LogP contribution in [0.2, 0.25) is 0 Å². The highest BCUT2D eigenvalue weighted by molar-refractivity contribution is 5.49. The number of halogens is 1. The zero-order chi connectivity index (χ0) is 18.8. The first-order valence-electron chi connectivity index (χ1n) is 8.11. The number of aromatic nitrogens is 8. The molecule has 0 atom stereocenters. The average molecular weight is 366 g/mol. The molecule has 0 bridgehead atoms. The number of benzene rings is 1. The van der Waals surface area contributed by atoms with Gasteiger partial charge in [-0.25, -0.2) is 4.39 Å². The third kappa shape index (κ3) is 3.36. The van der Waals surface area contributed by atoms with Gasteiger partial charge in [-0.3, -0.25) is 9.55 Å². The second kappa shape index (κ2) is 6.90. The van der Waals surface area contributed by atoms with Crippen LogP contribution in [0.3, 0.4) is 0 Å². The van der Waals surface area contributed by atoms with Gasteiger partial charge in [0.15, 0.2) is 18.2 Å². The number of hydrogen-bond donors (Lipinski definition) is 0. The lowest BCUT2D eigenvalue weighted by molar-refractivity contribution is 0.262. The topological polar surface area (TPSA) is 96.4 Å². The van der Waals surface area contributed by atoms with Crippen LogP contribution in [0.1, 0.15) is 11.4 Å². The van der Waals surface area contributed by atoms with Crippen molar-refractivity contribution in [2.24, 2.45) is 7.05 Å². The van der Waals surface area contributed by atoms with Crippen molar-refractivity contribution >= 4 is 0 Å². The number of tetrazole rings is 1. The summed E-state index contributed by atoms with van der Waals surface area (Å²) in [6.45, 7) is 1.87. The molecule has 0 radical (unpaired) electrons. The van der Waals surface area contributed by atoms with Crippen LogP contribution in [-0.4, -0.2) is 40.0 Å². The molecular weight excluding hydrogens is 351 g/mol. The number of nitrogens with zero attached hydrogens (tertiary/aromatic N) is 8. The molecule has 0 N–H and O–H groups in total. The molecule has 0 amide bonds. The van der Waals surface area contributed by atoms with Crippen LogP contribution in [0, 0.1) is 12.7 Å². The third-order valence-electron chi connectivity index (χ3n) is 3.83. The highest BCUT2D eigenvalue weighted by atomic mass is 19.1. The molecule has 9 nitrogen and oxygen atoms in total. The molecule has 3 aromatic heterocycles. The van der Waals surface area contributed by atoms with Crippen molar-refractivity contribution in [1.82, 2.24) is 40.0 Å². The van der Waals surface area contributed by atoms with Crippen LogP contribution in [0.25, 0.3) is 17.2 Å². The van der Waals surface area contributed by atoms with E-state index in [0.29, 0.717) is 17.3 Å². The highest BCUT2D eigenvalue weighted by Crippen LogP contribution is 2.18. The Labute approximate surface area is 153 Å². The quantitative estimate of drug-likeness (QED) is 0.532. The van der Waals surface area contributed by atoms with E-state index in [2.05, 4.69) is 30.6 Å². The molecule has 0 aliphatic rings. The van der Waals surface area contributed by atoms with Gasteiger partial charge in [0.1, 0.15) is 11.4 Å². The molecule has 27 heavy (non-hydrogen) atoms. The fourth-order valence-electron chi connectivity index (χ4n) is 2.47. The van der Waals surface area contributed by atoms with Gasteiger partial charge in [0.25, 0.3) is 0 Å². The number of aryl methyl sites for hydroxylation is 1. The minimum Gasteiger partial charge on any atom is -0.455 e. The van der Waals surface area contributed by atoms with E-state index in [1.807, 2.05) is 25.1 Å². The molecule has 136 valence electrons. The van der Waals surface area contributed by atoms with Gasteiger partial charge in [-0.05, 0) is 42.0 Å². The van der Waals surface area contributed by atoms with Gasteiger partial charge in [-0.2, -0.15) is 0 Å². The number of rotatable bonds is 5. The molecule has 0 aliphatic heterocycles. The summed E-state index contributed by atoms with van der Waals surface area (Å²) in [5.41, 5.74) is 1.80. The lowest BCUT2D eigenvalue weighted by Crippen LogP contribution is -2.05. The van der Waals surface area contributed by atoms with Crippen LogP contribution in [-0.2, 0) is 13.7 Å². The van der Waals surface area contributed by atoms with Crippen molar-refractivity contribution in [1.29, 1.82) is 0 Å². The largest absolute Gasteiger partial charge is 0.455 e. The maximum absolute atomic E-state index is 13.9. The minimum atomic E-state index is -0.432. The Morgan fingerprint density at radius 2 is 2.00 bits per heavy atom. The summed E-state index contributed by atoms with van der Waals surface area (Å²) in [4.78, 5) is 5.38. The molecule has 0 fully saturated rings. The van der Waals surface area contributed by atoms with Gasteiger partial charge in [-0.1, -0.05) is 17.2 Å². The highest BCUT2D eigenvalue weighted by Gasteiger charge is 2.15. The SMILES string of the molecule is Cc1ccc(F)c(-n2nnc(COc3nnc(-c4ccccn4)n3C)n2)c1. The monoisotopic (exact) mass is 366 g/mol. The molecule has 0 aliphatic carbocycles. The standard InChI is InChI=1S/C17H15FN8O/c1-11-6-7-12(18)14(9-11)26-23-15(20-24-26)10-27-17-22-21-16(25(17)2)13-5-3-4-8-19-13/h3-9H,10H2,1-2H3. The van der Waals surface area contributed by atoms with Gasteiger partial charge in [0.05, 0.1) is 0 Å². The van der Waals surface area contributed by atoms with Crippen LogP contribution in [0.5, 0.6) is 6.01 Å². The van der Waals surface area contributed by atoms with Gasteiger partial charge in [0.2, 0.25) is 5.82 Å². The van der Waals surface area contributed by atoms with Gasteiger partial charge in [0, 0.05) is 13.2 Å². The molecular formula is C17H15FN8O. The number of pyridine rings is 1. The second-order valence-corrected chi connectivity index (χ2v) is 5.82. The Bertz CT molecular complexity index is 1080. The van der Waals surface area contributed by atoms with E-state index in [1.54, 1.807) is 29.9 Å². The molecule has 1 aromatic carbocycles. The zero-order valence-corrected chi connectivity index (χ0v) is 14.6. The second-order valence-electron chi connectivity index (χ2n) is 5.82. The Morgan fingerprint density at radius 1 is 1.11 bits per heavy atom. The van der Waals surface area contributed by atoms with E-state index in [1.165, 1.54) is 6.07 Å². The van der Waals surface area contributed by atoms with E-state index in [4.69, 9.17) is 4.74 Å². The Balaban J connectivity index is 1.50. The summed E-state index contributed by atoms with van der Waals surface area (Å²) in [5.74, 6) is 0.432. The summed E-state index contributed by atoms with van der Waals surface area (Å²) < 4.78 is 21.2. The first kappa shape index (κ1) is 16.8. The summed E-state index contributed by atoms with van der Waals surface area (Å²) in [6.07, 6.45) is 1.68. The summed E-state index contributed by atoms with van der Waals surface area (Å²) in [7, 11) is 1.77. The first-order chi connectivity index (χ1) is 13.1. The lowest BCUT2D eigenvalue weighted by atomic mass is 10.2. The minimum absolute atomic E-state index is 0.0155. The van der Waals surface area contributed by atoms with Crippen molar-refractivity contribution < 1.29 is 9.13 Å². The van der Waals surface area contributed by atoms with Crippen molar-refractivity contribution in [2.45, 2.75) is 13.5 Å². The maximum Gasteiger partial charge on any atom is 0.317 e. The fourth-order valence-corrected chi connectivity index (χ4v) is 2.47. The van der Waals surface area contributed by atoms with Crippen molar-refractivity contribution in [3.05, 3.63) is 59.8 Å². The smallest absolute Gasteiger partial charge is 0.317 e. The van der Waals surface area contributed by atoms with E-state index < -0.39 is 5.82 Å². The van der Waals surface area contributed by atoms with Crippen LogP contribution in [0.15, 0.2) is 42.6 Å². The number of hydrogen-bond acceptors (Lipinski definition) is 7. The van der Waals surface area contributed by atoms with Crippen molar-refractivity contribution in [2.75, 3.05) is 0 Å². The van der Waals surface area contributed by atoms with Gasteiger partial charge < -0.3 is 4.74 Å². The molecule has 0 unspecified atom stereocenters. The van der Waals surface area contributed by atoms with Gasteiger partial charge >= 0.3 is 6.01 Å². The summed E-state index contributed by atoms with van der Waals surface area (Å²) >= 11 is 0. The Hall–Kier alpha value is -3.69. The molecule has 0 spiro atoms. The van der Waals surface area contributed by atoms with E-state index in [-0.39, 0.29) is 18.3 Å². The third-order valence-corrected chi connectivity index (χ3v) is 3.83. The maximum atomic E-state index is 13.9. The summed E-state index contributed by atoms with van der Waals surface area (Å²) in [5, 5.41) is 20.0.